The zero-order chi connectivity index (χ0) is 23.6. The van der Waals surface area contributed by atoms with Crippen molar-refractivity contribution < 1.29 is 13.6 Å². The largest absolute Gasteiger partial charge is 0.334 e. The molecule has 1 N–H and O–H groups in total. The second-order valence-electron chi connectivity index (χ2n) is 9.68. The van der Waals surface area contributed by atoms with Crippen molar-refractivity contribution in [2.75, 3.05) is 5.32 Å². The first-order valence-corrected chi connectivity index (χ1v) is 11.6. The van der Waals surface area contributed by atoms with Crippen molar-refractivity contribution in [1.29, 1.82) is 0 Å². The number of halogens is 2. The highest BCUT2D eigenvalue weighted by molar-refractivity contribution is 5.93. The maximum absolute atomic E-state index is 13.8. The Labute approximate surface area is 195 Å². The molecular formula is C26H25F2N5O. The Kier molecular flexibility index (Phi) is 4.79. The zero-order valence-electron chi connectivity index (χ0n) is 19.0. The van der Waals surface area contributed by atoms with Crippen molar-refractivity contribution in [2.45, 2.75) is 25.8 Å². The molecule has 2 fully saturated rings. The molecule has 2 aromatic heterocycles. The number of anilines is 1. The molecule has 1 amide bonds. The van der Waals surface area contributed by atoms with Crippen LogP contribution in [0.1, 0.15) is 25.8 Å². The van der Waals surface area contributed by atoms with E-state index >= 15 is 0 Å². The van der Waals surface area contributed by atoms with Gasteiger partial charge in [0.2, 0.25) is 5.91 Å². The van der Waals surface area contributed by atoms with Gasteiger partial charge in [-0.1, -0.05) is 19.1 Å². The van der Waals surface area contributed by atoms with E-state index in [2.05, 4.69) is 15.3 Å². The fourth-order valence-corrected chi connectivity index (χ4v) is 5.94. The van der Waals surface area contributed by atoms with E-state index in [0.29, 0.717) is 28.8 Å². The van der Waals surface area contributed by atoms with E-state index in [4.69, 9.17) is 0 Å². The lowest BCUT2D eigenvalue weighted by Gasteiger charge is -2.20. The van der Waals surface area contributed by atoms with Crippen molar-refractivity contribution in [3.8, 4) is 11.3 Å². The van der Waals surface area contributed by atoms with Gasteiger partial charge in [0, 0.05) is 36.8 Å². The Hall–Kier alpha value is -3.55. The van der Waals surface area contributed by atoms with Gasteiger partial charge < -0.3 is 14.5 Å². The van der Waals surface area contributed by atoms with Crippen molar-refractivity contribution >= 4 is 22.6 Å². The Morgan fingerprint density at radius 3 is 2.47 bits per heavy atom. The normalized spacial score (nSPS) is 24.2. The van der Waals surface area contributed by atoms with Gasteiger partial charge >= 0.3 is 0 Å². The van der Waals surface area contributed by atoms with E-state index in [1.807, 2.05) is 53.6 Å². The Balaban J connectivity index is 1.09. The molecule has 2 heterocycles. The SMILES string of the molecule is C[C@H](C(=O)Nc1ccc(-c2cncn2C)cc1)[C@H]1[C@@H]2C[C@@H](n3cnc4cc(F)c(F)cc43)C[C@@H]21. The average Bonchev–Trinajstić information content (AvgIpc) is 3.21. The van der Waals surface area contributed by atoms with Crippen LogP contribution in [0.2, 0.25) is 0 Å². The van der Waals surface area contributed by atoms with E-state index in [0.717, 1.165) is 35.9 Å². The minimum absolute atomic E-state index is 0.0369. The second kappa shape index (κ2) is 7.75. The third-order valence-electron chi connectivity index (χ3n) is 7.75. The molecule has 0 bridgehead atoms. The van der Waals surface area contributed by atoms with Crippen LogP contribution in [-0.2, 0) is 11.8 Å². The van der Waals surface area contributed by atoms with Crippen molar-refractivity contribution in [3.63, 3.8) is 0 Å². The summed E-state index contributed by atoms with van der Waals surface area (Å²) in [6, 6.07) is 10.4. The van der Waals surface area contributed by atoms with Gasteiger partial charge in [0.1, 0.15) is 0 Å². The van der Waals surface area contributed by atoms with Crippen LogP contribution >= 0.6 is 0 Å². The molecule has 2 saturated carbocycles. The molecule has 0 spiro atoms. The van der Waals surface area contributed by atoms with E-state index < -0.39 is 11.6 Å². The standard InChI is InChI=1S/C26H25F2N5O/c1-14(26(34)31-16-5-3-15(4-6-16)24-11-29-12-32(24)2)25-18-7-17(8-19(18)25)33-13-30-22-9-20(27)21(28)10-23(22)33/h3-6,9-14,17-19,25H,7-8H2,1-2H3,(H,31,34)/t14-,17-,18-,19+,25+/m0/s1. The van der Waals surface area contributed by atoms with Crippen LogP contribution in [0, 0.1) is 35.3 Å². The molecule has 0 saturated heterocycles. The van der Waals surface area contributed by atoms with E-state index in [-0.39, 0.29) is 17.9 Å². The summed E-state index contributed by atoms with van der Waals surface area (Å²) in [5.41, 5.74) is 3.94. The summed E-state index contributed by atoms with van der Waals surface area (Å²) in [7, 11) is 1.95. The maximum Gasteiger partial charge on any atom is 0.227 e. The molecule has 4 aromatic rings. The predicted octanol–water partition coefficient (Wildman–Crippen LogP) is 5.19. The van der Waals surface area contributed by atoms with Gasteiger partial charge in [-0.3, -0.25) is 4.79 Å². The number of carbonyl (C=O) groups excluding carboxylic acids is 1. The quantitative estimate of drug-likeness (QED) is 0.445. The number of aryl methyl sites for hydroxylation is 1. The summed E-state index contributed by atoms with van der Waals surface area (Å²) >= 11 is 0. The highest BCUT2D eigenvalue weighted by Gasteiger charge is 2.59. The lowest BCUT2D eigenvalue weighted by molar-refractivity contribution is -0.120. The number of nitrogens with one attached hydrogen (secondary N) is 1. The molecule has 5 atom stereocenters. The number of hydrogen-bond acceptors (Lipinski definition) is 3. The number of carbonyl (C=O) groups is 1. The summed E-state index contributed by atoms with van der Waals surface area (Å²) in [6.45, 7) is 2.00. The molecule has 6 rings (SSSR count). The molecule has 0 radical (unpaired) electrons. The van der Waals surface area contributed by atoms with E-state index in [1.165, 1.54) is 6.07 Å². The first-order chi connectivity index (χ1) is 16.4. The number of amides is 1. The van der Waals surface area contributed by atoms with Gasteiger partial charge in [-0.05, 0) is 48.3 Å². The number of benzene rings is 2. The van der Waals surface area contributed by atoms with Crippen LogP contribution < -0.4 is 5.32 Å². The highest BCUT2D eigenvalue weighted by Crippen LogP contribution is 2.64. The number of fused-ring (bicyclic) bond motifs is 2. The fourth-order valence-electron chi connectivity index (χ4n) is 5.94. The smallest absolute Gasteiger partial charge is 0.227 e. The number of aromatic nitrogens is 4. The number of hydrogen-bond donors (Lipinski definition) is 1. The van der Waals surface area contributed by atoms with Crippen LogP contribution in [-0.4, -0.2) is 25.0 Å². The lowest BCUT2D eigenvalue weighted by Crippen LogP contribution is -2.24. The monoisotopic (exact) mass is 461 g/mol. The topological polar surface area (TPSA) is 64.7 Å². The van der Waals surface area contributed by atoms with E-state index in [1.54, 1.807) is 12.7 Å². The van der Waals surface area contributed by atoms with Gasteiger partial charge in [0.15, 0.2) is 11.6 Å². The van der Waals surface area contributed by atoms with Crippen molar-refractivity contribution in [2.24, 2.45) is 30.7 Å². The lowest BCUT2D eigenvalue weighted by atomic mass is 9.96. The van der Waals surface area contributed by atoms with Crippen LogP contribution in [0.3, 0.4) is 0 Å². The molecule has 0 unspecified atom stereocenters. The van der Waals surface area contributed by atoms with Crippen LogP contribution in [0.15, 0.2) is 55.2 Å². The van der Waals surface area contributed by atoms with E-state index in [9.17, 15) is 13.6 Å². The van der Waals surface area contributed by atoms with Crippen molar-refractivity contribution in [1.82, 2.24) is 19.1 Å². The Morgan fingerprint density at radius 2 is 1.79 bits per heavy atom. The van der Waals surface area contributed by atoms with Gasteiger partial charge in [-0.2, -0.15) is 0 Å². The maximum atomic E-state index is 13.8. The summed E-state index contributed by atoms with van der Waals surface area (Å²) in [4.78, 5) is 21.3. The van der Waals surface area contributed by atoms with Gasteiger partial charge in [0.25, 0.3) is 0 Å². The average molecular weight is 462 g/mol. The first kappa shape index (κ1) is 21.0. The predicted molar refractivity (Wildman–Crippen MR) is 125 cm³/mol. The van der Waals surface area contributed by atoms with Gasteiger partial charge in [-0.15, -0.1) is 0 Å². The first-order valence-electron chi connectivity index (χ1n) is 11.6. The molecular weight excluding hydrogens is 436 g/mol. The zero-order valence-corrected chi connectivity index (χ0v) is 19.0. The highest BCUT2D eigenvalue weighted by atomic mass is 19.2. The Morgan fingerprint density at radius 1 is 1.09 bits per heavy atom. The number of rotatable bonds is 5. The second-order valence-corrected chi connectivity index (χ2v) is 9.68. The molecule has 2 aliphatic rings. The summed E-state index contributed by atoms with van der Waals surface area (Å²) < 4.78 is 31.2. The fraction of sp³-hybridized carbons (Fsp3) is 0.346. The minimum atomic E-state index is -0.876. The number of nitrogens with zero attached hydrogens (tertiary/aromatic N) is 4. The van der Waals surface area contributed by atoms with Crippen LogP contribution in [0.4, 0.5) is 14.5 Å². The number of imidazole rings is 2. The third kappa shape index (κ3) is 3.40. The molecule has 0 aliphatic heterocycles. The molecule has 174 valence electrons. The summed E-state index contributed by atoms with van der Waals surface area (Å²) in [5, 5.41) is 3.06. The molecule has 34 heavy (non-hydrogen) atoms. The van der Waals surface area contributed by atoms with Gasteiger partial charge in [-0.25, -0.2) is 18.7 Å². The summed E-state index contributed by atoms with van der Waals surface area (Å²) in [6.07, 6.45) is 7.11. The third-order valence-corrected chi connectivity index (χ3v) is 7.75. The Bertz CT molecular complexity index is 1380. The molecule has 6 nitrogen and oxygen atoms in total. The molecule has 2 aliphatic carbocycles. The van der Waals surface area contributed by atoms with Crippen LogP contribution in [0.5, 0.6) is 0 Å². The minimum Gasteiger partial charge on any atom is -0.334 e. The van der Waals surface area contributed by atoms with Crippen molar-refractivity contribution in [3.05, 3.63) is 66.9 Å². The summed E-state index contributed by atoms with van der Waals surface area (Å²) in [5.74, 6) is -0.476. The van der Waals surface area contributed by atoms with Gasteiger partial charge in [0.05, 0.1) is 35.6 Å². The molecule has 8 heteroatoms. The molecule has 2 aromatic carbocycles. The van der Waals surface area contributed by atoms with Crippen LogP contribution in [0.25, 0.3) is 22.3 Å².